The van der Waals surface area contributed by atoms with E-state index in [1.54, 1.807) is 31.2 Å². The van der Waals surface area contributed by atoms with E-state index in [9.17, 15) is 9.59 Å². The van der Waals surface area contributed by atoms with E-state index in [1.807, 2.05) is 19.1 Å². The number of halogens is 2. The van der Waals surface area contributed by atoms with Gasteiger partial charge in [0.2, 0.25) is 0 Å². The summed E-state index contributed by atoms with van der Waals surface area (Å²) < 4.78 is 18.5. The summed E-state index contributed by atoms with van der Waals surface area (Å²) in [6.07, 6.45) is 0. The van der Waals surface area contributed by atoms with E-state index in [1.165, 1.54) is 4.57 Å². The second-order valence-electron chi connectivity index (χ2n) is 6.62. The fraction of sp³-hybridized carbons (Fsp3) is 0.227. The Morgan fingerprint density at radius 1 is 1.12 bits per heavy atom. The molecule has 2 heterocycles. The van der Waals surface area contributed by atoms with Crippen LogP contribution in [0.4, 0.5) is 0 Å². The summed E-state index contributed by atoms with van der Waals surface area (Å²) >= 11 is 13.9. The van der Waals surface area contributed by atoms with Gasteiger partial charge in [0.1, 0.15) is 6.54 Å². The molecule has 1 amide bonds. The highest BCUT2D eigenvalue weighted by Crippen LogP contribution is 2.32. The number of para-hydroxylation sites is 1. The van der Waals surface area contributed by atoms with Crippen LogP contribution < -0.4 is 9.54 Å². The van der Waals surface area contributed by atoms with E-state index in [2.05, 4.69) is 4.99 Å². The van der Waals surface area contributed by atoms with Gasteiger partial charge in [-0.15, -0.1) is 0 Å². The number of amides is 1. The third kappa shape index (κ3) is 4.26. The molecule has 10 heteroatoms. The van der Waals surface area contributed by atoms with Crippen molar-refractivity contribution >= 4 is 67.6 Å². The molecule has 2 aromatic carbocycles. The lowest BCUT2D eigenvalue weighted by Crippen LogP contribution is -2.23. The van der Waals surface area contributed by atoms with Crippen LogP contribution in [0.1, 0.15) is 24.4 Å². The van der Waals surface area contributed by atoms with Crippen molar-refractivity contribution < 1.29 is 23.5 Å². The SMILES string of the molecule is CCOC(=O)Cn1c(=NC(=O)c2cc3cccc(OCC)c3o2)sc2c(Cl)ccc(Cl)c21. The van der Waals surface area contributed by atoms with Crippen molar-refractivity contribution in [1.82, 2.24) is 4.57 Å². The lowest BCUT2D eigenvalue weighted by molar-refractivity contribution is -0.143. The highest BCUT2D eigenvalue weighted by molar-refractivity contribution is 7.17. The Kier molecular flexibility index (Phi) is 6.55. The third-order valence-electron chi connectivity index (χ3n) is 4.54. The molecule has 0 aliphatic carbocycles. The van der Waals surface area contributed by atoms with Crippen molar-refractivity contribution in [1.29, 1.82) is 0 Å². The summed E-state index contributed by atoms with van der Waals surface area (Å²) in [5, 5.41) is 1.53. The van der Waals surface area contributed by atoms with Gasteiger partial charge in [0.15, 0.2) is 21.9 Å². The van der Waals surface area contributed by atoms with Crippen LogP contribution >= 0.6 is 34.5 Å². The van der Waals surface area contributed by atoms with Crippen LogP contribution in [-0.4, -0.2) is 29.7 Å². The van der Waals surface area contributed by atoms with E-state index in [4.69, 9.17) is 37.1 Å². The number of carbonyl (C=O) groups is 2. The number of hydrogen-bond acceptors (Lipinski definition) is 6. The molecular weight excluding hydrogens is 475 g/mol. The summed E-state index contributed by atoms with van der Waals surface area (Å²) in [5.74, 6) is -0.506. The Morgan fingerprint density at radius 2 is 1.91 bits per heavy atom. The van der Waals surface area contributed by atoms with Crippen molar-refractivity contribution in [2.45, 2.75) is 20.4 Å². The number of benzene rings is 2. The summed E-state index contributed by atoms with van der Waals surface area (Å²) in [6.45, 7) is 4.09. The van der Waals surface area contributed by atoms with Crippen LogP contribution in [0, 0.1) is 0 Å². The molecule has 0 aliphatic heterocycles. The lowest BCUT2D eigenvalue weighted by Gasteiger charge is -2.06. The van der Waals surface area contributed by atoms with Crippen LogP contribution in [0.2, 0.25) is 10.0 Å². The van der Waals surface area contributed by atoms with Gasteiger partial charge in [0.25, 0.3) is 0 Å². The highest BCUT2D eigenvalue weighted by atomic mass is 35.5. The zero-order chi connectivity index (χ0) is 22.8. The second-order valence-corrected chi connectivity index (χ2v) is 8.41. The number of carbonyl (C=O) groups excluding carboxylic acids is 2. The van der Waals surface area contributed by atoms with E-state index in [0.29, 0.717) is 38.2 Å². The largest absolute Gasteiger partial charge is 0.490 e. The first-order valence-electron chi connectivity index (χ1n) is 9.80. The van der Waals surface area contributed by atoms with Gasteiger partial charge in [0, 0.05) is 5.39 Å². The zero-order valence-electron chi connectivity index (χ0n) is 17.2. The lowest BCUT2D eigenvalue weighted by atomic mass is 10.2. The molecular formula is C22H18Cl2N2O5S. The van der Waals surface area contributed by atoms with E-state index in [-0.39, 0.29) is 23.7 Å². The normalized spacial score (nSPS) is 11.9. The fourth-order valence-corrected chi connectivity index (χ4v) is 4.87. The second kappa shape index (κ2) is 9.36. The van der Waals surface area contributed by atoms with Gasteiger partial charge in [0.05, 0.1) is 33.5 Å². The summed E-state index contributed by atoms with van der Waals surface area (Å²) in [4.78, 5) is 29.6. The van der Waals surface area contributed by atoms with Crippen LogP contribution in [0.5, 0.6) is 5.75 Å². The summed E-state index contributed by atoms with van der Waals surface area (Å²) in [6, 6.07) is 10.3. The minimum atomic E-state index is -0.611. The number of rotatable bonds is 6. The molecule has 0 radical (unpaired) electrons. The van der Waals surface area contributed by atoms with Gasteiger partial charge in [-0.3, -0.25) is 9.59 Å². The quantitative estimate of drug-likeness (QED) is 0.333. The van der Waals surface area contributed by atoms with Crippen LogP contribution in [-0.2, 0) is 16.1 Å². The predicted molar refractivity (Wildman–Crippen MR) is 124 cm³/mol. The first-order chi connectivity index (χ1) is 15.4. The van der Waals surface area contributed by atoms with E-state index in [0.717, 1.165) is 16.7 Å². The Labute approximate surface area is 196 Å². The van der Waals surface area contributed by atoms with Crippen molar-refractivity contribution in [3.63, 3.8) is 0 Å². The Bertz CT molecular complexity index is 1400. The van der Waals surface area contributed by atoms with Crippen molar-refractivity contribution in [2.24, 2.45) is 4.99 Å². The third-order valence-corrected chi connectivity index (χ3v) is 6.38. The number of aromatic nitrogens is 1. The molecule has 4 aromatic rings. The number of fused-ring (bicyclic) bond motifs is 2. The highest BCUT2D eigenvalue weighted by Gasteiger charge is 2.19. The van der Waals surface area contributed by atoms with Crippen LogP contribution in [0.15, 0.2) is 45.8 Å². The number of furan rings is 1. The molecule has 0 bridgehead atoms. The maximum atomic E-state index is 13.0. The van der Waals surface area contributed by atoms with Crippen molar-refractivity contribution in [3.05, 3.63) is 57.0 Å². The van der Waals surface area contributed by atoms with Gasteiger partial charge < -0.3 is 18.5 Å². The van der Waals surface area contributed by atoms with Gasteiger partial charge >= 0.3 is 11.9 Å². The molecule has 0 saturated heterocycles. The molecule has 0 spiro atoms. The van der Waals surface area contributed by atoms with Gasteiger partial charge in [-0.25, -0.2) is 0 Å². The van der Waals surface area contributed by atoms with E-state index < -0.39 is 11.9 Å². The first kappa shape index (κ1) is 22.4. The number of ether oxygens (including phenoxy) is 2. The minimum Gasteiger partial charge on any atom is -0.490 e. The predicted octanol–water partition coefficient (Wildman–Crippen LogP) is 5.46. The Balaban J connectivity index is 1.84. The Morgan fingerprint density at radius 3 is 2.66 bits per heavy atom. The maximum Gasteiger partial charge on any atom is 0.326 e. The molecule has 0 fully saturated rings. The number of nitrogens with zero attached hydrogens (tertiary/aromatic N) is 2. The molecule has 0 saturated carbocycles. The molecule has 0 atom stereocenters. The smallest absolute Gasteiger partial charge is 0.326 e. The molecule has 0 unspecified atom stereocenters. The molecule has 2 aromatic heterocycles. The minimum absolute atomic E-state index is 0.0458. The van der Waals surface area contributed by atoms with Gasteiger partial charge in [-0.2, -0.15) is 4.99 Å². The van der Waals surface area contributed by atoms with Crippen molar-refractivity contribution in [3.8, 4) is 5.75 Å². The van der Waals surface area contributed by atoms with Gasteiger partial charge in [-0.1, -0.05) is 46.7 Å². The monoisotopic (exact) mass is 492 g/mol. The first-order valence-corrected chi connectivity index (χ1v) is 11.4. The topological polar surface area (TPSA) is 83.0 Å². The number of hydrogen-bond donors (Lipinski definition) is 0. The van der Waals surface area contributed by atoms with Gasteiger partial charge in [-0.05, 0) is 38.1 Å². The number of esters is 1. The zero-order valence-corrected chi connectivity index (χ0v) is 19.5. The van der Waals surface area contributed by atoms with Crippen LogP contribution in [0.3, 0.4) is 0 Å². The molecule has 32 heavy (non-hydrogen) atoms. The molecule has 0 N–H and O–H groups in total. The molecule has 7 nitrogen and oxygen atoms in total. The fourth-order valence-electron chi connectivity index (χ4n) is 3.23. The van der Waals surface area contributed by atoms with Crippen LogP contribution in [0.25, 0.3) is 21.2 Å². The average Bonchev–Trinajstić information content (AvgIpc) is 3.35. The molecule has 4 rings (SSSR count). The molecule has 166 valence electrons. The summed E-state index contributed by atoms with van der Waals surface area (Å²) in [7, 11) is 0. The van der Waals surface area contributed by atoms with E-state index >= 15 is 0 Å². The molecule has 0 aliphatic rings. The van der Waals surface area contributed by atoms with Crippen molar-refractivity contribution in [2.75, 3.05) is 13.2 Å². The number of thiazole rings is 1. The standard InChI is InChI=1S/C22H18Cl2N2O5S/c1-3-29-15-7-5-6-12-10-16(31-19(12)15)21(28)25-22-26(11-17(27)30-4-2)18-13(23)8-9-14(24)20(18)32-22/h5-10H,3-4,11H2,1-2H3. The maximum absolute atomic E-state index is 13.0. The Hall–Kier alpha value is -2.81. The average molecular weight is 493 g/mol. The summed E-state index contributed by atoms with van der Waals surface area (Å²) in [5.41, 5.74) is 0.974.